The molecule has 78 valence electrons. The Labute approximate surface area is 84.4 Å². The van der Waals surface area contributed by atoms with E-state index in [0.717, 1.165) is 0 Å². The van der Waals surface area contributed by atoms with Gasteiger partial charge in [-0.15, -0.1) is 6.42 Å². The summed E-state index contributed by atoms with van der Waals surface area (Å²) in [4.78, 5) is 13.5. The van der Waals surface area contributed by atoms with Gasteiger partial charge in [-0.05, 0) is 13.3 Å². The smallest absolute Gasteiger partial charge is 0.245 e. The lowest BCUT2D eigenvalue weighted by Crippen LogP contribution is -2.56. The van der Waals surface area contributed by atoms with Gasteiger partial charge in [-0.2, -0.15) is 0 Å². The summed E-state index contributed by atoms with van der Waals surface area (Å²) in [6, 6.07) is 0. The third-order valence-electron chi connectivity index (χ3n) is 2.43. The highest BCUT2D eigenvalue weighted by Gasteiger charge is 2.40. The summed E-state index contributed by atoms with van der Waals surface area (Å²) in [7, 11) is 0. The van der Waals surface area contributed by atoms with Crippen LogP contribution in [0, 0.1) is 12.3 Å². The number of ether oxygens (including phenoxy) is 1. The molecule has 0 spiro atoms. The number of carbonyl (C=O) groups is 1. The molecule has 0 aliphatic carbocycles. The number of likely N-dealkylation sites (N-methyl/N-ethyl adjacent to an activating group) is 1. The molecule has 1 saturated heterocycles. The number of nitrogens with two attached hydrogens (primary N) is 1. The second-order valence-corrected chi connectivity index (χ2v) is 3.48. The van der Waals surface area contributed by atoms with Gasteiger partial charge in [-0.1, -0.05) is 5.92 Å². The fraction of sp³-hybridized carbons (Fsp3) is 0.700. The number of hydrogen-bond acceptors (Lipinski definition) is 3. The third-order valence-corrected chi connectivity index (χ3v) is 2.43. The van der Waals surface area contributed by atoms with E-state index in [0.29, 0.717) is 32.7 Å². The number of hydrogen-bond donors (Lipinski definition) is 1. The van der Waals surface area contributed by atoms with Crippen LogP contribution in [-0.2, 0) is 9.53 Å². The molecule has 1 atom stereocenters. The number of rotatable bonds is 3. The van der Waals surface area contributed by atoms with Gasteiger partial charge in [0.25, 0.3) is 0 Å². The molecule has 0 bridgehead atoms. The number of nitrogens with zero attached hydrogens (tertiary/aromatic N) is 1. The van der Waals surface area contributed by atoms with Crippen molar-refractivity contribution >= 4 is 5.91 Å². The minimum Gasteiger partial charge on any atom is -0.379 e. The third kappa shape index (κ3) is 2.06. The van der Waals surface area contributed by atoms with Crippen LogP contribution in [-0.4, -0.2) is 42.6 Å². The Balaban J connectivity index is 2.67. The van der Waals surface area contributed by atoms with Crippen molar-refractivity contribution in [2.75, 3.05) is 26.3 Å². The van der Waals surface area contributed by atoms with Crippen molar-refractivity contribution in [3.8, 4) is 12.3 Å². The van der Waals surface area contributed by atoms with E-state index in [-0.39, 0.29) is 5.91 Å². The van der Waals surface area contributed by atoms with Gasteiger partial charge in [-0.3, -0.25) is 4.79 Å². The Morgan fingerprint density at radius 3 is 2.93 bits per heavy atom. The SMILES string of the molecule is C#CCN(CC)C(=O)C1(N)CCOC1. The van der Waals surface area contributed by atoms with E-state index >= 15 is 0 Å². The van der Waals surface area contributed by atoms with E-state index in [1.54, 1.807) is 4.90 Å². The molecule has 1 aliphatic heterocycles. The summed E-state index contributed by atoms with van der Waals surface area (Å²) in [5, 5.41) is 0. The van der Waals surface area contributed by atoms with Crippen LogP contribution in [0.15, 0.2) is 0 Å². The van der Waals surface area contributed by atoms with Crippen LogP contribution < -0.4 is 5.73 Å². The number of carbonyl (C=O) groups excluding carboxylic acids is 1. The molecule has 0 aromatic rings. The maximum Gasteiger partial charge on any atom is 0.245 e. The van der Waals surface area contributed by atoms with E-state index in [2.05, 4.69) is 5.92 Å². The lowest BCUT2D eigenvalue weighted by atomic mass is 9.98. The molecule has 4 heteroatoms. The summed E-state index contributed by atoms with van der Waals surface area (Å²) >= 11 is 0. The second kappa shape index (κ2) is 4.45. The highest BCUT2D eigenvalue weighted by Crippen LogP contribution is 2.18. The highest BCUT2D eigenvalue weighted by molar-refractivity contribution is 5.86. The largest absolute Gasteiger partial charge is 0.379 e. The normalized spacial score (nSPS) is 25.8. The molecule has 14 heavy (non-hydrogen) atoms. The first-order valence-electron chi connectivity index (χ1n) is 4.73. The zero-order valence-corrected chi connectivity index (χ0v) is 8.45. The molecule has 1 fully saturated rings. The van der Waals surface area contributed by atoms with Crippen LogP contribution in [0.3, 0.4) is 0 Å². The molecule has 1 amide bonds. The van der Waals surface area contributed by atoms with E-state index in [4.69, 9.17) is 16.9 Å². The molecule has 4 nitrogen and oxygen atoms in total. The molecule has 1 heterocycles. The average Bonchev–Trinajstić information content (AvgIpc) is 2.62. The van der Waals surface area contributed by atoms with Crippen molar-refractivity contribution in [3.05, 3.63) is 0 Å². The van der Waals surface area contributed by atoms with Gasteiger partial charge in [0.15, 0.2) is 0 Å². The van der Waals surface area contributed by atoms with Crippen molar-refractivity contribution in [2.24, 2.45) is 5.73 Å². The molecule has 0 radical (unpaired) electrons. The van der Waals surface area contributed by atoms with E-state index < -0.39 is 5.54 Å². The van der Waals surface area contributed by atoms with Crippen LogP contribution in [0.2, 0.25) is 0 Å². The fourth-order valence-corrected chi connectivity index (χ4v) is 1.50. The highest BCUT2D eigenvalue weighted by atomic mass is 16.5. The van der Waals surface area contributed by atoms with E-state index in [1.165, 1.54) is 0 Å². The maximum atomic E-state index is 11.9. The first kappa shape index (κ1) is 11.0. The van der Waals surface area contributed by atoms with Gasteiger partial charge >= 0.3 is 0 Å². The lowest BCUT2D eigenvalue weighted by Gasteiger charge is -2.28. The van der Waals surface area contributed by atoms with Gasteiger partial charge in [0.2, 0.25) is 5.91 Å². The summed E-state index contributed by atoms with van der Waals surface area (Å²) in [5.41, 5.74) is 5.07. The standard InChI is InChI=1S/C10H16N2O2/c1-3-6-12(4-2)9(13)10(11)5-7-14-8-10/h1H,4-8,11H2,2H3. The molecule has 1 rings (SSSR count). The van der Waals surface area contributed by atoms with Crippen molar-refractivity contribution in [1.82, 2.24) is 4.90 Å². The Kier molecular flexibility index (Phi) is 3.50. The van der Waals surface area contributed by atoms with Crippen molar-refractivity contribution in [3.63, 3.8) is 0 Å². The predicted molar refractivity (Wildman–Crippen MR) is 53.4 cm³/mol. The molecule has 0 aromatic carbocycles. The summed E-state index contributed by atoms with van der Waals surface area (Å²) in [6.45, 7) is 3.63. The molecule has 1 unspecified atom stereocenters. The number of amides is 1. The van der Waals surface area contributed by atoms with E-state index in [9.17, 15) is 4.79 Å². The van der Waals surface area contributed by atoms with Gasteiger partial charge in [0.05, 0.1) is 13.2 Å². The summed E-state index contributed by atoms with van der Waals surface area (Å²) in [5.74, 6) is 2.35. The minimum atomic E-state index is -0.854. The first-order chi connectivity index (χ1) is 6.64. The Hall–Kier alpha value is -1.05. The van der Waals surface area contributed by atoms with Crippen LogP contribution in [0.4, 0.5) is 0 Å². The molecule has 0 aromatic heterocycles. The maximum absolute atomic E-state index is 11.9. The van der Waals surface area contributed by atoms with Gasteiger partial charge in [0, 0.05) is 13.2 Å². The Bertz CT molecular complexity index is 251. The summed E-state index contributed by atoms with van der Waals surface area (Å²) in [6.07, 6.45) is 5.74. The van der Waals surface area contributed by atoms with Crippen LogP contribution in [0.5, 0.6) is 0 Å². The zero-order valence-electron chi connectivity index (χ0n) is 8.45. The van der Waals surface area contributed by atoms with E-state index in [1.807, 2.05) is 6.92 Å². The Morgan fingerprint density at radius 1 is 1.79 bits per heavy atom. The Morgan fingerprint density at radius 2 is 2.50 bits per heavy atom. The topological polar surface area (TPSA) is 55.6 Å². The zero-order chi connectivity index (χ0) is 10.6. The van der Waals surface area contributed by atoms with Crippen LogP contribution >= 0.6 is 0 Å². The van der Waals surface area contributed by atoms with Crippen molar-refractivity contribution in [1.29, 1.82) is 0 Å². The van der Waals surface area contributed by atoms with Crippen molar-refractivity contribution in [2.45, 2.75) is 18.9 Å². The first-order valence-corrected chi connectivity index (χ1v) is 4.73. The molecule has 2 N–H and O–H groups in total. The number of terminal acetylenes is 1. The van der Waals surface area contributed by atoms with Gasteiger partial charge in [-0.25, -0.2) is 0 Å². The summed E-state index contributed by atoms with van der Waals surface area (Å²) < 4.78 is 5.13. The minimum absolute atomic E-state index is 0.101. The molecule has 0 saturated carbocycles. The monoisotopic (exact) mass is 196 g/mol. The molecular weight excluding hydrogens is 180 g/mol. The van der Waals surface area contributed by atoms with Gasteiger partial charge < -0.3 is 15.4 Å². The van der Waals surface area contributed by atoms with Crippen LogP contribution in [0.25, 0.3) is 0 Å². The lowest BCUT2D eigenvalue weighted by molar-refractivity contribution is -0.136. The van der Waals surface area contributed by atoms with Gasteiger partial charge in [0.1, 0.15) is 5.54 Å². The molecular formula is C10H16N2O2. The average molecular weight is 196 g/mol. The quantitative estimate of drug-likeness (QED) is 0.624. The molecule has 1 aliphatic rings. The predicted octanol–water partition coefficient (Wildman–Crippen LogP) is -0.414. The van der Waals surface area contributed by atoms with Crippen molar-refractivity contribution < 1.29 is 9.53 Å². The fourth-order valence-electron chi connectivity index (χ4n) is 1.50. The second-order valence-electron chi connectivity index (χ2n) is 3.48. The van der Waals surface area contributed by atoms with Crippen LogP contribution in [0.1, 0.15) is 13.3 Å².